The smallest absolute Gasteiger partial charge is 0.245 e. The Bertz CT molecular complexity index is 1150. The zero-order valence-electron chi connectivity index (χ0n) is 17.4. The van der Waals surface area contributed by atoms with E-state index < -0.39 is 38.3 Å². The Kier molecular flexibility index (Phi) is 7.63. The molecule has 9 nitrogen and oxygen atoms in total. The molecule has 0 heterocycles. The van der Waals surface area contributed by atoms with Crippen molar-refractivity contribution in [2.75, 3.05) is 29.5 Å². The van der Waals surface area contributed by atoms with Gasteiger partial charge in [0.25, 0.3) is 0 Å². The van der Waals surface area contributed by atoms with Gasteiger partial charge in [-0.25, -0.2) is 25.9 Å². The lowest BCUT2D eigenvalue weighted by Crippen LogP contribution is -2.37. The molecule has 0 fully saturated rings. The fourth-order valence-electron chi connectivity index (χ4n) is 2.66. The van der Waals surface area contributed by atoms with Crippen LogP contribution in [0.2, 0.25) is 0 Å². The Morgan fingerprint density at radius 3 is 2.23 bits per heavy atom. The van der Waals surface area contributed by atoms with Gasteiger partial charge in [0.1, 0.15) is 18.1 Å². The summed E-state index contributed by atoms with van der Waals surface area (Å²) in [6.07, 6.45) is 0.912. The van der Waals surface area contributed by atoms with E-state index in [4.69, 9.17) is 4.74 Å². The van der Waals surface area contributed by atoms with Gasteiger partial charge in [-0.15, -0.1) is 0 Å². The SMILES string of the molecule is COc1ccc(S(=O)(=O)NC(C)C)cc1NC(=O)CN(c1ccc(F)cc1)S(C)(=O)=O. The van der Waals surface area contributed by atoms with Gasteiger partial charge in [-0.05, 0) is 56.3 Å². The number of nitrogens with one attached hydrogen (secondary N) is 2. The predicted molar refractivity (Wildman–Crippen MR) is 116 cm³/mol. The van der Waals surface area contributed by atoms with E-state index in [1.54, 1.807) is 13.8 Å². The van der Waals surface area contributed by atoms with Gasteiger partial charge in [-0.2, -0.15) is 0 Å². The summed E-state index contributed by atoms with van der Waals surface area (Å²) in [4.78, 5) is 12.5. The van der Waals surface area contributed by atoms with Gasteiger partial charge in [-0.3, -0.25) is 9.10 Å². The molecule has 1 amide bonds. The van der Waals surface area contributed by atoms with E-state index in [1.807, 2.05) is 0 Å². The summed E-state index contributed by atoms with van der Waals surface area (Å²) in [5.74, 6) is -1.12. The number of hydrogen-bond donors (Lipinski definition) is 2. The lowest BCUT2D eigenvalue weighted by atomic mass is 10.3. The van der Waals surface area contributed by atoms with Crippen LogP contribution in [0.1, 0.15) is 13.8 Å². The van der Waals surface area contributed by atoms with Crippen molar-refractivity contribution in [3.05, 3.63) is 48.3 Å². The molecule has 0 atom stereocenters. The first-order valence-corrected chi connectivity index (χ1v) is 12.4. The first kappa shape index (κ1) is 24.6. The molecule has 2 rings (SSSR count). The summed E-state index contributed by atoms with van der Waals surface area (Å²) in [7, 11) is -6.36. The Hall–Kier alpha value is -2.70. The van der Waals surface area contributed by atoms with Crippen molar-refractivity contribution in [3.8, 4) is 5.75 Å². The van der Waals surface area contributed by atoms with E-state index in [0.29, 0.717) is 0 Å². The minimum absolute atomic E-state index is 0.0479. The predicted octanol–water partition coefficient (Wildman–Crippen LogP) is 1.93. The molecule has 12 heteroatoms. The summed E-state index contributed by atoms with van der Waals surface area (Å²) < 4.78 is 70.7. The third kappa shape index (κ3) is 6.64. The zero-order chi connectivity index (χ0) is 23.4. The van der Waals surface area contributed by atoms with Crippen molar-refractivity contribution in [2.45, 2.75) is 24.8 Å². The van der Waals surface area contributed by atoms with Crippen LogP contribution in [-0.4, -0.2) is 48.7 Å². The highest BCUT2D eigenvalue weighted by molar-refractivity contribution is 7.92. The van der Waals surface area contributed by atoms with E-state index >= 15 is 0 Å². The Morgan fingerprint density at radius 1 is 1.10 bits per heavy atom. The van der Waals surface area contributed by atoms with Crippen molar-refractivity contribution in [3.63, 3.8) is 0 Å². The van der Waals surface area contributed by atoms with E-state index in [-0.39, 0.29) is 28.1 Å². The molecule has 0 aromatic heterocycles. The van der Waals surface area contributed by atoms with Crippen molar-refractivity contribution < 1.29 is 30.8 Å². The van der Waals surface area contributed by atoms with Crippen LogP contribution < -0.4 is 19.1 Å². The number of carbonyl (C=O) groups excluding carboxylic acids is 1. The van der Waals surface area contributed by atoms with Gasteiger partial charge in [0.2, 0.25) is 26.0 Å². The average Bonchev–Trinajstić information content (AvgIpc) is 2.65. The number of nitrogens with zero attached hydrogens (tertiary/aromatic N) is 1. The van der Waals surface area contributed by atoms with Crippen molar-refractivity contribution >= 4 is 37.3 Å². The van der Waals surface area contributed by atoms with Gasteiger partial charge >= 0.3 is 0 Å². The summed E-state index contributed by atoms with van der Waals surface area (Å²) in [5, 5.41) is 2.47. The molecular weight excluding hydrogens is 449 g/mol. The molecule has 0 saturated carbocycles. The van der Waals surface area contributed by atoms with Crippen LogP contribution in [-0.2, 0) is 24.8 Å². The number of halogens is 1. The number of sulfonamides is 2. The minimum Gasteiger partial charge on any atom is -0.495 e. The van der Waals surface area contributed by atoms with Crippen LogP contribution in [0.4, 0.5) is 15.8 Å². The normalized spacial score (nSPS) is 11.9. The maximum Gasteiger partial charge on any atom is 0.245 e. The highest BCUT2D eigenvalue weighted by atomic mass is 32.2. The molecule has 170 valence electrons. The fourth-order valence-corrected chi connectivity index (χ4v) is 4.79. The first-order valence-electron chi connectivity index (χ1n) is 9.07. The topological polar surface area (TPSA) is 122 Å². The van der Waals surface area contributed by atoms with Gasteiger partial charge in [0.05, 0.1) is 29.6 Å². The molecule has 0 unspecified atom stereocenters. The number of benzene rings is 2. The number of ether oxygens (including phenoxy) is 1. The number of hydrogen-bond acceptors (Lipinski definition) is 6. The maximum absolute atomic E-state index is 13.2. The van der Waals surface area contributed by atoms with E-state index in [2.05, 4.69) is 10.0 Å². The Balaban J connectivity index is 2.32. The van der Waals surface area contributed by atoms with E-state index in [1.165, 1.54) is 37.4 Å². The minimum atomic E-state index is -3.87. The van der Waals surface area contributed by atoms with Crippen molar-refractivity contribution in [2.24, 2.45) is 0 Å². The lowest BCUT2D eigenvalue weighted by molar-refractivity contribution is -0.114. The number of methoxy groups -OCH3 is 1. The van der Waals surface area contributed by atoms with Crippen LogP contribution >= 0.6 is 0 Å². The summed E-state index contributed by atoms with van der Waals surface area (Å²) in [6, 6.07) is 8.17. The van der Waals surface area contributed by atoms with E-state index in [9.17, 15) is 26.0 Å². The van der Waals surface area contributed by atoms with Gasteiger partial charge < -0.3 is 10.1 Å². The second-order valence-corrected chi connectivity index (χ2v) is 10.6. The number of amides is 1. The Labute approximate surface area is 181 Å². The molecule has 0 aliphatic heterocycles. The van der Waals surface area contributed by atoms with Crippen LogP contribution in [0, 0.1) is 5.82 Å². The standard InChI is InChI=1S/C19H24FN3O6S2/c1-13(2)22-31(27,28)16-9-10-18(29-3)17(11-16)21-19(24)12-23(30(4,25)26)15-7-5-14(20)6-8-15/h5-11,13,22H,12H2,1-4H3,(H,21,24). The molecule has 31 heavy (non-hydrogen) atoms. The molecule has 0 bridgehead atoms. The number of anilines is 2. The van der Waals surface area contributed by atoms with Gasteiger partial charge in [0, 0.05) is 6.04 Å². The fraction of sp³-hybridized carbons (Fsp3) is 0.316. The second-order valence-electron chi connectivity index (χ2n) is 6.93. The molecule has 0 aliphatic rings. The van der Waals surface area contributed by atoms with Crippen molar-refractivity contribution in [1.82, 2.24) is 4.72 Å². The third-order valence-corrected chi connectivity index (χ3v) is 6.75. The van der Waals surface area contributed by atoms with Crippen LogP contribution in [0.5, 0.6) is 5.75 Å². The lowest BCUT2D eigenvalue weighted by Gasteiger charge is -2.22. The second kappa shape index (κ2) is 9.62. The van der Waals surface area contributed by atoms with Gasteiger partial charge in [-0.1, -0.05) is 0 Å². The molecule has 2 aromatic rings. The number of carbonyl (C=O) groups is 1. The van der Waals surface area contributed by atoms with Crippen molar-refractivity contribution in [1.29, 1.82) is 0 Å². The average molecular weight is 474 g/mol. The van der Waals surface area contributed by atoms with Crippen LogP contribution in [0.15, 0.2) is 47.4 Å². The van der Waals surface area contributed by atoms with Crippen LogP contribution in [0.25, 0.3) is 0 Å². The summed E-state index contributed by atoms with van der Waals surface area (Å²) in [6.45, 7) is 2.72. The molecule has 0 aliphatic carbocycles. The highest BCUT2D eigenvalue weighted by Crippen LogP contribution is 2.28. The monoisotopic (exact) mass is 473 g/mol. The molecular formula is C19H24FN3O6S2. The molecule has 0 saturated heterocycles. The quantitative estimate of drug-likeness (QED) is 0.574. The largest absolute Gasteiger partial charge is 0.495 e. The highest BCUT2D eigenvalue weighted by Gasteiger charge is 2.23. The Morgan fingerprint density at radius 2 is 1.71 bits per heavy atom. The summed E-state index contributed by atoms with van der Waals surface area (Å²) >= 11 is 0. The molecule has 0 radical (unpaired) electrons. The zero-order valence-corrected chi connectivity index (χ0v) is 19.1. The molecule has 2 aromatic carbocycles. The third-order valence-electron chi connectivity index (χ3n) is 3.95. The number of rotatable bonds is 9. The summed E-state index contributed by atoms with van der Waals surface area (Å²) in [5.41, 5.74) is 0.148. The van der Waals surface area contributed by atoms with Crippen LogP contribution in [0.3, 0.4) is 0 Å². The van der Waals surface area contributed by atoms with E-state index in [0.717, 1.165) is 22.7 Å². The first-order chi connectivity index (χ1) is 14.3. The van der Waals surface area contributed by atoms with Gasteiger partial charge in [0.15, 0.2) is 0 Å². The molecule has 2 N–H and O–H groups in total. The molecule has 0 spiro atoms. The maximum atomic E-state index is 13.2.